The molecular formula is C12H15BrN2O. The lowest BCUT2D eigenvalue weighted by Gasteiger charge is -2.17. The van der Waals surface area contributed by atoms with Gasteiger partial charge in [0, 0.05) is 4.47 Å². The van der Waals surface area contributed by atoms with Crippen molar-refractivity contribution in [2.45, 2.75) is 31.3 Å². The number of nitrogens with one attached hydrogen (secondary N) is 1. The van der Waals surface area contributed by atoms with Crippen LogP contribution < -0.4 is 11.1 Å². The van der Waals surface area contributed by atoms with Crippen LogP contribution in [0.5, 0.6) is 0 Å². The third-order valence-electron chi connectivity index (χ3n) is 2.94. The Balaban J connectivity index is 2.03. The Morgan fingerprint density at radius 3 is 2.81 bits per heavy atom. The zero-order valence-electron chi connectivity index (χ0n) is 9.16. The highest BCUT2D eigenvalue weighted by Gasteiger charge is 2.46. The van der Waals surface area contributed by atoms with Crippen LogP contribution in [-0.4, -0.2) is 11.4 Å². The van der Waals surface area contributed by atoms with E-state index in [-0.39, 0.29) is 11.9 Å². The monoisotopic (exact) mass is 282 g/mol. The topological polar surface area (TPSA) is 55.1 Å². The predicted molar refractivity (Wildman–Crippen MR) is 66.9 cm³/mol. The normalized spacial score (nSPS) is 18.9. The first-order valence-electron chi connectivity index (χ1n) is 5.36. The van der Waals surface area contributed by atoms with Crippen molar-refractivity contribution in [2.24, 2.45) is 5.73 Å². The number of hydrogen-bond donors (Lipinski definition) is 2. The van der Waals surface area contributed by atoms with Crippen molar-refractivity contribution in [3.63, 3.8) is 0 Å². The summed E-state index contributed by atoms with van der Waals surface area (Å²) in [6, 6.07) is 7.90. The zero-order chi connectivity index (χ0) is 11.8. The Morgan fingerprint density at radius 2 is 2.25 bits per heavy atom. The van der Waals surface area contributed by atoms with Crippen molar-refractivity contribution in [3.8, 4) is 0 Å². The van der Waals surface area contributed by atoms with Gasteiger partial charge in [-0.05, 0) is 37.5 Å². The molecule has 1 fully saturated rings. The SMILES string of the molecule is C[C@H](NC(=O)C1(N)CC1)c1cccc(Br)c1. The molecular weight excluding hydrogens is 268 g/mol. The minimum Gasteiger partial charge on any atom is -0.348 e. The number of nitrogens with two attached hydrogens (primary N) is 1. The summed E-state index contributed by atoms with van der Waals surface area (Å²) in [6.45, 7) is 1.96. The average Bonchev–Trinajstić information content (AvgIpc) is 2.98. The summed E-state index contributed by atoms with van der Waals surface area (Å²) in [5.74, 6) is -0.0417. The lowest BCUT2D eigenvalue weighted by Crippen LogP contribution is -2.43. The summed E-state index contributed by atoms with van der Waals surface area (Å²) in [7, 11) is 0. The van der Waals surface area contributed by atoms with Crippen molar-refractivity contribution < 1.29 is 4.79 Å². The Kier molecular flexibility index (Phi) is 3.04. The molecule has 16 heavy (non-hydrogen) atoms. The fourth-order valence-electron chi connectivity index (χ4n) is 1.56. The summed E-state index contributed by atoms with van der Waals surface area (Å²) in [5.41, 5.74) is 6.30. The Labute approximate surface area is 104 Å². The second kappa shape index (κ2) is 4.18. The first-order valence-corrected chi connectivity index (χ1v) is 6.16. The lowest BCUT2D eigenvalue weighted by atomic mass is 10.1. The number of carbonyl (C=O) groups is 1. The van der Waals surface area contributed by atoms with Crippen LogP contribution in [0.4, 0.5) is 0 Å². The molecule has 2 rings (SSSR count). The second-order valence-corrected chi connectivity index (χ2v) is 5.32. The van der Waals surface area contributed by atoms with Gasteiger partial charge >= 0.3 is 0 Å². The maximum absolute atomic E-state index is 11.7. The van der Waals surface area contributed by atoms with Crippen molar-refractivity contribution >= 4 is 21.8 Å². The highest BCUT2D eigenvalue weighted by Crippen LogP contribution is 2.33. The van der Waals surface area contributed by atoms with E-state index in [0.29, 0.717) is 0 Å². The predicted octanol–water partition coefficient (Wildman–Crippen LogP) is 2.12. The van der Waals surface area contributed by atoms with Crippen LogP contribution in [0.15, 0.2) is 28.7 Å². The zero-order valence-corrected chi connectivity index (χ0v) is 10.8. The molecule has 0 aliphatic heterocycles. The molecule has 3 N–H and O–H groups in total. The third kappa shape index (κ3) is 2.44. The fourth-order valence-corrected chi connectivity index (χ4v) is 1.98. The first-order chi connectivity index (χ1) is 7.51. The number of halogens is 1. The van der Waals surface area contributed by atoms with E-state index < -0.39 is 5.54 Å². The maximum Gasteiger partial charge on any atom is 0.240 e. The molecule has 1 aliphatic carbocycles. The van der Waals surface area contributed by atoms with Crippen LogP contribution in [-0.2, 0) is 4.79 Å². The molecule has 3 nitrogen and oxygen atoms in total. The Bertz CT molecular complexity index is 415. The molecule has 0 radical (unpaired) electrons. The summed E-state index contributed by atoms with van der Waals surface area (Å²) in [6.07, 6.45) is 1.59. The van der Waals surface area contributed by atoms with Crippen LogP contribution in [0.2, 0.25) is 0 Å². The molecule has 1 aliphatic rings. The number of hydrogen-bond acceptors (Lipinski definition) is 2. The van der Waals surface area contributed by atoms with Gasteiger partial charge in [0.2, 0.25) is 5.91 Å². The summed E-state index contributed by atoms with van der Waals surface area (Å²) in [4.78, 5) is 11.7. The maximum atomic E-state index is 11.7. The van der Waals surface area contributed by atoms with Gasteiger partial charge in [-0.2, -0.15) is 0 Å². The fraction of sp³-hybridized carbons (Fsp3) is 0.417. The van der Waals surface area contributed by atoms with E-state index in [4.69, 9.17) is 5.73 Å². The van der Waals surface area contributed by atoms with Crippen molar-refractivity contribution in [3.05, 3.63) is 34.3 Å². The summed E-state index contributed by atoms with van der Waals surface area (Å²) >= 11 is 3.41. The van der Waals surface area contributed by atoms with Gasteiger partial charge < -0.3 is 11.1 Å². The van der Waals surface area contributed by atoms with Crippen molar-refractivity contribution in [1.29, 1.82) is 0 Å². The van der Waals surface area contributed by atoms with E-state index in [2.05, 4.69) is 21.2 Å². The second-order valence-electron chi connectivity index (χ2n) is 4.41. The number of carbonyl (C=O) groups excluding carboxylic acids is 1. The van der Waals surface area contributed by atoms with Crippen LogP contribution in [0.1, 0.15) is 31.4 Å². The van der Waals surface area contributed by atoms with Gasteiger partial charge in [-0.25, -0.2) is 0 Å². The van der Waals surface area contributed by atoms with E-state index in [1.807, 2.05) is 31.2 Å². The summed E-state index contributed by atoms with van der Waals surface area (Å²) in [5, 5.41) is 2.94. The third-order valence-corrected chi connectivity index (χ3v) is 3.43. The minimum absolute atomic E-state index is 0.00831. The van der Waals surface area contributed by atoms with Gasteiger partial charge in [0.15, 0.2) is 0 Å². The Hall–Kier alpha value is -0.870. The number of rotatable bonds is 3. The van der Waals surface area contributed by atoms with Gasteiger partial charge in [-0.15, -0.1) is 0 Å². The van der Waals surface area contributed by atoms with Gasteiger partial charge in [-0.3, -0.25) is 4.79 Å². The highest BCUT2D eigenvalue weighted by atomic mass is 79.9. The van der Waals surface area contributed by atoms with Crippen molar-refractivity contribution in [1.82, 2.24) is 5.32 Å². The van der Waals surface area contributed by atoms with Crippen LogP contribution in [0.3, 0.4) is 0 Å². The molecule has 0 aromatic heterocycles. The molecule has 1 atom stereocenters. The van der Waals surface area contributed by atoms with Gasteiger partial charge in [0.25, 0.3) is 0 Å². The van der Waals surface area contributed by atoms with E-state index in [9.17, 15) is 4.79 Å². The minimum atomic E-state index is -0.597. The van der Waals surface area contributed by atoms with Gasteiger partial charge in [0.1, 0.15) is 0 Å². The van der Waals surface area contributed by atoms with E-state index >= 15 is 0 Å². The molecule has 0 bridgehead atoms. The quantitative estimate of drug-likeness (QED) is 0.892. The highest BCUT2D eigenvalue weighted by molar-refractivity contribution is 9.10. The smallest absolute Gasteiger partial charge is 0.240 e. The van der Waals surface area contributed by atoms with Crippen LogP contribution in [0, 0.1) is 0 Å². The molecule has 4 heteroatoms. The van der Waals surface area contributed by atoms with E-state index in [1.54, 1.807) is 0 Å². The van der Waals surface area contributed by atoms with Crippen LogP contribution >= 0.6 is 15.9 Å². The van der Waals surface area contributed by atoms with Gasteiger partial charge in [0.05, 0.1) is 11.6 Å². The van der Waals surface area contributed by atoms with Crippen LogP contribution in [0.25, 0.3) is 0 Å². The van der Waals surface area contributed by atoms with Crippen molar-refractivity contribution in [2.75, 3.05) is 0 Å². The first kappa shape index (κ1) is 11.6. The molecule has 1 amide bonds. The van der Waals surface area contributed by atoms with E-state index in [1.165, 1.54) is 0 Å². The molecule has 86 valence electrons. The molecule has 0 heterocycles. The Morgan fingerprint density at radius 1 is 1.56 bits per heavy atom. The van der Waals surface area contributed by atoms with E-state index in [0.717, 1.165) is 22.9 Å². The molecule has 0 spiro atoms. The standard InChI is InChI=1S/C12H15BrN2O/c1-8(9-3-2-4-10(13)7-9)15-11(16)12(14)5-6-12/h2-4,7-8H,5-6,14H2,1H3,(H,15,16)/t8-/m0/s1. The molecule has 1 saturated carbocycles. The molecule has 0 saturated heterocycles. The number of benzene rings is 1. The molecule has 1 aromatic rings. The summed E-state index contributed by atoms with van der Waals surface area (Å²) < 4.78 is 1.01. The lowest BCUT2D eigenvalue weighted by molar-refractivity contribution is -0.123. The van der Waals surface area contributed by atoms with Gasteiger partial charge in [-0.1, -0.05) is 28.1 Å². The molecule has 0 unspecified atom stereocenters. The number of amides is 1. The molecule has 1 aromatic carbocycles. The average molecular weight is 283 g/mol. The largest absolute Gasteiger partial charge is 0.348 e.